The molecule has 1 aliphatic heterocycles. The quantitative estimate of drug-likeness (QED) is 0.467. The van der Waals surface area contributed by atoms with Crippen molar-refractivity contribution >= 4 is 6.16 Å². The molecule has 0 unspecified atom stereocenters. The maximum Gasteiger partial charge on any atom is 0.528 e. The van der Waals surface area contributed by atoms with Crippen LogP contribution in [0.15, 0.2) is 24.5 Å². The number of methoxy groups -OCH3 is 1. The molecule has 2 heterocycles. The van der Waals surface area contributed by atoms with E-state index in [1.165, 1.54) is 30.6 Å². The number of terminal acetylenes is 1. The fourth-order valence-corrected chi connectivity index (χ4v) is 2.96. The lowest BCUT2D eigenvalue weighted by Gasteiger charge is -2.30. The molecule has 2 aromatic rings. The standard InChI is InChI=1S/C22H24FN3O6/c1-5-17-20(30-15-8-10-26(11-9-15)32-22(27)29-14(2)3)24-13-25-21(17)31-19-7-6-16(28-4)12-18(19)23/h1,6-7,12-15H,8-11H2,2-4H3. The summed E-state index contributed by atoms with van der Waals surface area (Å²) < 4.78 is 35.7. The Balaban J connectivity index is 1.64. The average Bonchev–Trinajstić information content (AvgIpc) is 2.76. The van der Waals surface area contributed by atoms with Gasteiger partial charge >= 0.3 is 6.16 Å². The number of hydroxylamine groups is 2. The molecule has 10 heteroatoms. The van der Waals surface area contributed by atoms with Crippen molar-refractivity contribution in [2.24, 2.45) is 0 Å². The van der Waals surface area contributed by atoms with E-state index in [1.54, 1.807) is 19.9 Å². The zero-order chi connectivity index (χ0) is 23.1. The zero-order valence-corrected chi connectivity index (χ0v) is 18.0. The van der Waals surface area contributed by atoms with E-state index in [0.717, 1.165) is 0 Å². The predicted molar refractivity (Wildman–Crippen MR) is 111 cm³/mol. The minimum absolute atomic E-state index is 0.00114. The molecule has 0 N–H and O–H groups in total. The molecule has 3 rings (SSSR count). The van der Waals surface area contributed by atoms with E-state index in [0.29, 0.717) is 31.7 Å². The minimum Gasteiger partial charge on any atom is -0.497 e. The highest BCUT2D eigenvalue weighted by molar-refractivity contribution is 5.59. The number of nitrogens with zero attached hydrogens (tertiary/aromatic N) is 3. The van der Waals surface area contributed by atoms with Crippen molar-refractivity contribution in [3.05, 3.63) is 35.9 Å². The van der Waals surface area contributed by atoms with Gasteiger partial charge in [0.05, 0.1) is 13.2 Å². The molecule has 0 aliphatic carbocycles. The molecule has 0 radical (unpaired) electrons. The van der Waals surface area contributed by atoms with Gasteiger partial charge in [-0.25, -0.2) is 19.2 Å². The number of hydrogen-bond acceptors (Lipinski definition) is 9. The number of piperidine rings is 1. The average molecular weight is 445 g/mol. The molecule has 1 aromatic carbocycles. The second-order valence-corrected chi connectivity index (χ2v) is 7.16. The molecule has 170 valence electrons. The number of carbonyl (C=O) groups is 1. The number of benzene rings is 1. The van der Waals surface area contributed by atoms with Crippen LogP contribution in [-0.2, 0) is 9.57 Å². The van der Waals surface area contributed by atoms with Crippen LogP contribution in [0, 0.1) is 18.2 Å². The summed E-state index contributed by atoms with van der Waals surface area (Å²) in [5.41, 5.74) is 0.168. The predicted octanol–water partition coefficient (Wildman–Crippen LogP) is 3.72. The van der Waals surface area contributed by atoms with Crippen LogP contribution >= 0.6 is 0 Å². The monoisotopic (exact) mass is 445 g/mol. The fraction of sp³-hybridized carbons (Fsp3) is 0.409. The summed E-state index contributed by atoms with van der Waals surface area (Å²) in [6.07, 6.45) is 6.76. The molecular formula is C22H24FN3O6. The summed E-state index contributed by atoms with van der Waals surface area (Å²) in [6.45, 7) is 4.39. The van der Waals surface area contributed by atoms with Gasteiger partial charge in [-0.05, 0) is 26.0 Å². The Labute approximate surface area is 185 Å². The first-order valence-electron chi connectivity index (χ1n) is 10.0. The van der Waals surface area contributed by atoms with Crippen molar-refractivity contribution in [2.45, 2.75) is 38.9 Å². The van der Waals surface area contributed by atoms with Crippen molar-refractivity contribution < 1.29 is 33.0 Å². The van der Waals surface area contributed by atoms with Crippen LogP contribution in [-0.4, -0.2) is 53.6 Å². The van der Waals surface area contributed by atoms with E-state index in [2.05, 4.69) is 15.9 Å². The number of aromatic nitrogens is 2. The Morgan fingerprint density at radius 2 is 1.97 bits per heavy atom. The van der Waals surface area contributed by atoms with Gasteiger partial charge in [0, 0.05) is 32.0 Å². The van der Waals surface area contributed by atoms with E-state index in [1.807, 2.05) is 0 Å². The van der Waals surface area contributed by atoms with E-state index in [9.17, 15) is 9.18 Å². The van der Waals surface area contributed by atoms with Crippen LogP contribution in [0.5, 0.6) is 23.3 Å². The molecule has 0 saturated carbocycles. The molecule has 0 atom stereocenters. The number of ether oxygens (including phenoxy) is 4. The van der Waals surface area contributed by atoms with E-state index in [4.69, 9.17) is 30.2 Å². The smallest absolute Gasteiger partial charge is 0.497 e. The van der Waals surface area contributed by atoms with Gasteiger partial charge in [-0.3, -0.25) is 0 Å². The van der Waals surface area contributed by atoms with Crippen molar-refractivity contribution in [1.82, 2.24) is 15.0 Å². The zero-order valence-electron chi connectivity index (χ0n) is 18.0. The highest BCUT2D eigenvalue weighted by Gasteiger charge is 2.26. The molecule has 1 fully saturated rings. The lowest BCUT2D eigenvalue weighted by molar-refractivity contribution is -0.151. The molecule has 0 bridgehead atoms. The second-order valence-electron chi connectivity index (χ2n) is 7.16. The SMILES string of the molecule is C#Cc1c(Oc2ccc(OC)cc2F)ncnc1OC1CCN(OC(=O)OC(C)C)CC1. The minimum atomic E-state index is -0.739. The summed E-state index contributed by atoms with van der Waals surface area (Å²) in [5, 5.41) is 1.52. The second kappa shape index (κ2) is 10.6. The van der Waals surface area contributed by atoms with Crippen molar-refractivity contribution in [3.8, 4) is 35.6 Å². The third-order valence-corrected chi connectivity index (χ3v) is 4.48. The van der Waals surface area contributed by atoms with Crippen molar-refractivity contribution in [3.63, 3.8) is 0 Å². The normalized spacial score (nSPS) is 14.5. The third-order valence-electron chi connectivity index (χ3n) is 4.48. The Hall–Kier alpha value is -3.58. The summed E-state index contributed by atoms with van der Waals surface area (Å²) in [4.78, 5) is 24.9. The van der Waals surface area contributed by atoms with Gasteiger partial charge < -0.3 is 23.8 Å². The van der Waals surface area contributed by atoms with Crippen LogP contribution < -0.4 is 14.2 Å². The van der Waals surface area contributed by atoms with E-state index >= 15 is 0 Å². The highest BCUT2D eigenvalue weighted by Crippen LogP contribution is 2.31. The highest BCUT2D eigenvalue weighted by atomic mass is 19.1. The van der Waals surface area contributed by atoms with Gasteiger partial charge in [0.1, 0.15) is 23.7 Å². The van der Waals surface area contributed by atoms with Crippen LogP contribution in [0.2, 0.25) is 0 Å². The number of hydrogen-bond donors (Lipinski definition) is 0. The molecule has 0 amide bonds. The third kappa shape index (κ3) is 5.98. The van der Waals surface area contributed by atoms with Crippen LogP contribution in [0.3, 0.4) is 0 Å². The van der Waals surface area contributed by atoms with Crippen LogP contribution in [0.25, 0.3) is 0 Å². The molecule has 1 saturated heterocycles. The Morgan fingerprint density at radius 3 is 2.59 bits per heavy atom. The van der Waals surface area contributed by atoms with Crippen LogP contribution in [0.1, 0.15) is 32.3 Å². The first-order chi connectivity index (χ1) is 15.4. The number of halogens is 1. The Bertz CT molecular complexity index is 986. The van der Waals surface area contributed by atoms with Gasteiger partial charge in [0.25, 0.3) is 0 Å². The molecular weight excluding hydrogens is 421 g/mol. The largest absolute Gasteiger partial charge is 0.528 e. The molecule has 1 aliphatic rings. The van der Waals surface area contributed by atoms with E-state index in [-0.39, 0.29) is 35.3 Å². The lowest BCUT2D eigenvalue weighted by atomic mass is 10.1. The molecule has 1 aromatic heterocycles. The van der Waals surface area contributed by atoms with Gasteiger partial charge in [-0.1, -0.05) is 5.92 Å². The molecule has 9 nitrogen and oxygen atoms in total. The van der Waals surface area contributed by atoms with E-state index < -0.39 is 12.0 Å². The summed E-state index contributed by atoms with van der Waals surface area (Å²) in [6, 6.07) is 4.16. The summed E-state index contributed by atoms with van der Waals surface area (Å²) in [7, 11) is 1.44. The lowest BCUT2D eigenvalue weighted by Crippen LogP contribution is -2.40. The van der Waals surface area contributed by atoms with Crippen molar-refractivity contribution in [1.29, 1.82) is 0 Å². The molecule has 0 spiro atoms. The van der Waals surface area contributed by atoms with Crippen LogP contribution in [0.4, 0.5) is 9.18 Å². The van der Waals surface area contributed by atoms with Crippen molar-refractivity contribution in [2.75, 3.05) is 20.2 Å². The first kappa shape index (κ1) is 23.1. The topological polar surface area (TPSA) is 92.2 Å². The molecule has 32 heavy (non-hydrogen) atoms. The number of rotatable bonds is 7. The fourth-order valence-electron chi connectivity index (χ4n) is 2.96. The maximum absolute atomic E-state index is 14.2. The maximum atomic E-state index is 14.2. The van der Waals surface area contributed by atoms with Gasteiger partial charge in [0.15, 0.2) is 11.6 Å². The first-order valence-corrected chi connectivity index (χ1v) is 10.0. The Kier molecular flexibility index (Phi) is 7.68. The van der Waals surface area contributed by atoms with Gasteiger partial charge in [-0.15, -0.1) is 11.5 Å². The summed E-state index contributed by atoms with van der Waals surface area (Å²) in [5.74, 6) is 2.27. The number of carbonyl (C=O) groups excluding carboxylic acids is 1. The van der Waals surface area contributed by atoms with Gasteiger partial charge in [-0.2, -0.15) is 0 Å². The summed E-state index contributed by atoms with van der Waals surface area (Å²) >= 11 is 0. The Morgan fingerprint density at radius 1 is 1.25 bits per heavy atom. The van der Waals surface area contributed by atoms with Gasteiger partial charge in [0.2, 0.25) is 11.8 Å².